The molecule has 0 unspecified atom stereocenters. The van der Waals surface area contributed by atoms with Gasteiger partial charge in [-0.15, -0.1) is 0 Å². The number of benzene rings is 1. The largest absolute Gasteiger partial charge is 0.491 e. The average molecular weight is 303 g/mol. The molecule has 2 heterocycles. The first-order valence-electron chi connectivity index (χ1n) is 7.20. The number of nitrogens with two attached hydrogens (primary N) is 1. The summed E-state index contributed by atoms with van der Waals surface area (Å²) >= 11 is 0. The fraction of sp³-hybridized carbons (Fsp3) is 0.400. The van der Waals surface area contributed by atoms with Gasteiger partial charge in [-0.3, -0.25) is 14.4 Å². The van der Waals surface area contributed by atoms with Crippen LogP contribution in [-0.2, 0) is 9.59 Å². The summed E-state index contributed by atoms with van der Waals surface area (Å²) in [6.07, 6.45) is 1.58. The highest BCUT2D eigenvalue weighted by Crippen LogP contribution is 2.22. The van der Waals surface area contributed by atoms with Crippen molar-refractivity contribution in [1.29, 1.82) is 0 Å². The second kappa shape index (κ2) is 5.67. The van der Waals surface area contributed by atoms with Crippen LogP contribution in [0.4, 0.5) is 0 Å². The molecule has 2 aliphatic rings. The predicted octanol–water partition coefficient (Wildman–Crippen LogP) is -0.346. The van der Waals surface area contributed by atoms with E-state index in [4.69, 9.17) is 10.5 Å². The number of primary amides is 1. The Balaban J connectivity index is 1.62. The molecule has 0 spiro atoms. The molecule has 116 valence electrons. The molecule has 22 heavy (non-hydrogen) atoms. The highest BCUT2D eigenvalue weighted by Gasteiger charge is 2.43. The molecule has 2 aliphatic heterocycles. The smallest absolute Gasteiger partial charge is 0.249 e. The van der Waals surface area contributed by atoms with Crippen molar-refractivity contribution >= 4 is 17.7 Å². The SMILES string of the molecule is NC(=O)c1ccc(OC[C@@H]2NC(=O)[C@@H]3CCCN3C2=O)cc1. The van der Waals surface area contributed by atoms with E-state index in [1.54, 1.807) is 29.2 Å². The maximum absolute atomic E-state index is 12.3. The summed E-state index contributed by atoms with van der Waals surface area (Å²) < 4.78 is 5.53. The van der Waals surface area contributed by atoms with Crippen LogP contribution in [0.2, 0.25) is 0 Å². The summed E-state index contributed by atoms with van der Waals surface area (Å²) in [6.45, 7) is 0.685. The van der Waals surface area contributed by atoms with Gasteiger partial charge in [0.15, 0.2) is 0 Å². The van der Waals surface area contributed by atoms with Crippen molar-refractivity contribution in [2.24, 2.45) is 5.73 Å². The van der Waals surface area contributed by atoms with E-state index in [1.807, 2.05) is 0 Å². The summed E-state index contributed by atoms with van der Waals surface area (Å²) in [7, 11) is 0. The van der Waals surface area contributed by atoms with Crippen molar-refractivity contribution in [3.63, 3.8) is 0 Å². The third kappa shape index (κ3) is 2.61. The minimum atomic E-state index is -0.669. The lowest BCUT2D eigenvalue weighted by molar-refractivity contribution is -0.147. The molecule has 2 saturated heterocycles. The number of carbonyl (C=O) groups is 3. The number of nitrogens with zero attached hydrogens (tertiary/aromatic N) is 1. The summed E-state index contributed by atoms with van der Waals surface area (Å²) in [5, 5.41) is 2.71. The van der Waals surface area contributed by atoms with Crippen molar-refractivity contribution in [3.8, 4) is 5.75 Å². The van der Waals surface area contributed by atoms with Crippen LogP contribution in [0.15, 0.2) is 24.3 Å². The Bertz CT molecular complexity index is 614. The molecule has 3 N–H and O–H groups in total. The Morgan fingerprint density at radius 1 is 1.32 bits per heavy atom. The van der Waals surface area contributed by atoms with Gasteiger partial charge in [-0.1, -0.05) is 0 Å². The number of ether oxygens (including phenoxy) is 1. The normalized spacial score (nSPS) is 23.9. The van der Waals surface area contributed by atoms with E-state index in [9.17, 15) is 14.4 Å². The number of carbonyl (C=O) groups excluding carboxylic acids is 3. The second-order valence-corrected chi connectivity index (χ2v) is 5.45. The van der Waals surface area contributed by atoms with Gasteiger partial charge in [0.1, 0.15) is 24.4 Å². The van der Waals surface area contributed by atoms with Crippen LogP contribution in [0.5, 0.6) is 5.75 Å². The number of nitrogens with one attached hydrogen (secondary N) is 1. The quantitative estimate of drug-likeness (QED) is 0.794. The van der Waals surface area contributed by atoms with Crippen molar-refractivity contribution in [1.82, 2.24) is 10.2 Å². The highest BCUT2D eigenvalue weighted by atomic mass is 16.5. The van der Waals surface area contributed by atoms with E-state index in [1.165, 1.54) is 0 Å². The maximum atomic E-state index is 12.3. The molecule has 3 rings (SSSR count). The van der Waals surface area contributed by atoms with Gasteiger partial charge in [0.05, 0.1) is 0 Å². The van der Waals surface area contributed by atoms with Gasteiger partial charge < -0.3 is 20.7 Å². The van der Waals surface area contributed by atoms with Gasteiger partial charge in [0.2, 0.25) is 17.7 Å². The molecule has 3 amide bonds. The van der Waals surface area contributed by atoms with E-state index in [-0.39, 0.29) is 24.5 Å². The number of hydrogen-bond acceptors (Lipinski definition) is 4. The molecule has 0 radical (unpaired) electrons. The van der Waals surface area contributed by atoms with E-state index in [0.717, 1.165) is 12.8 Å². The second-order valence-electron chi connectivity index (χ2n) is 5.45. The third-order valence-corrected chi connectivity index (χ3v) is 4.01. The fourth-order valence-electron chi connectivity index (χ4n) is 2.84. The van der Waals surface area contributed by atoms with Crippen molar-refractivity contribution in [3.05, 3.63) is 29.8 Å². The van der Waals surface area contributed by atoms with Gasteiger partial charge in [0.25, 0.3) is 0 Å². The van der Waals surface area contributed by atoms with Crippen molar-refractivity contribution in [2.45, 2.75) is 24.9 Å². The van der Waals surface area contributed by atoms with E-state index in [2.05, 4.69) is 5.32 Å². The zero-order chi connectivity index (χ0) is 15.7. The van der Waals surface area contributed by atoms with Crippen LogP contribution in [-0.4, -0.2) is 47.9 Å². The Kier molecular flexibility index (Phi) is 3.70. The third-order valence-electron chi connectivity index (χ3n) is 4.01. The van der Waals surface area contributed by atoms with Gasteiger partial charge in [-0.05, 0) is 37.1 Å². The molecule has 0 aromatic heterocycles. The predicted molar refractivity (Wildman–Crippen MR) is 77.1 cm³/mol. The Labute approximate surface area is 127 Å². The van der Waals surface area contributed by atoms with E-state index < -0.39 is 11.9 Å². The van der Waals surface area contributed by atoms with Crippen LogP contribution in [0, 0.1) is 0 Å². The number of amides is 3. The van der Waals surface area contributed by atoms with Crippen LogP contribution in [0.3, 0.4) is 0 Å². The Morgan fingerprint density at radius 2 is 2.05 bits per heavy atom. The van der Waals surface area contributed by atoms with E-state index in [0.29, 0.717) is 17.9 Å². The molecule has 7 nitrogen and oxygen atoms in total. The molecule has 2 atom stereocenters. The zero-order valence-corrected chi connectivity index (χ0v) is 12.0. The van der Waals surface area contributed by atoms with Gasteiger partial charge in [0, 0.05) is 12.1 Å². The summed E-state index contributed by atoms with van der Waals surface area (Å²) in [6, 6.07) is 5.32. The number of piperazine rings is 1. The average Bonchev–Trinajstić information content (AvgIpc) is 3.00. The number of fused-ring (bicyclic) bond motifs is 1. The lowest BCUT2D eigenvalue weighted by atomic mass is 10.1. The van der Waals surface area contributed by atoms with Crippen LogP contribution in [0.25, 0.3) is 0 Å². The molecule has 1 aromatic carbocycles. The summed E-state index contributed by atoms with van der Waals surface area (Å²) in [5.74, 6) is -0.220. The standard InChI is InChI=1S/C15H17N3O4/c16-13(19)9-3-5-10(6-4-9)22-8-11-15(21)18-7-1-2-12(18)14(20)17-11/h3-6,11-12H,1-2,7-8H2,(H2,16,19)(H,17,20)/t11-,12-/m0/s1. The molecule has 0 bridgehead atoms. The number of hydrogen-bond donors (Lipinski definition) is 2. The van der Waals surface area contributed by atoms with Gasteiger partial charge in [-0.25, -0.2) is 0 Å². The van der Waals surface area contributed by atoms with Crippen LogP contribution in [0.1, 0.15) is 23.2 Å². The molecular formula is C15H17N3O4. The molecular weight excluding hydrogens is 286 g/mol. The first-order chi connectivity index (χ1) is 10.6. The lowest BCUT2D eigenvalue weighted by Crippen LogP contribution is -2.62. The molecule has 0 saturated carbocycles. The maximum Gasteiger partial charge on any atom is 0.249 e. The molecule has 1 aromatic rings. The van der Waals surface area contributed by atoms with Crippen molar-refractivity contribution in [2.75, 3.05) is 13.2 Å². The Morgan fingerprint density at radius 3 is 2.73 bits per heavy atom. The van der Waals surface area contributed by atoms with Crippen LogP contribution < -0.4 is 15.8 Å². The summed E-state index contributed by atoms with van der Waals surface area (Å²) in [5.41, 5.74) is 5.54. The monoisotopic (exact) mass is 303 g/mol. The topological polar surface area (TPSA) is 102 Å². The molecule has 7 heteroatoms. The fourth-order valence-corrected chi connectivity index (χ4v) is 2.84. The van der Waals surface area contributed by atoms with Gasteiger partial charge >= 0.3 is 0 Å². The lowest BCUT2D eigenvalue weighted by Gasteiger charge is -2.34. The molecule has 0 aliphatic carbocycles. The van der Waals surface area contributed by atoms with Gasteiger partial charge in [-0.2, -0.15) is 0 Å². The van der Waals surface area contributed by atoms with Crippen LogP contribution >= 0.6 is 0 Å². The zero-order valence-electron chi connectivity index (χ0n) is 12.0. The first kappa shape index (κ1) is 14.4. The van der Waals surface area contributed by atoms with E-state index >= 15 is 0 Å². The first-order valence-corrected chi connectivity index (χ1v) is 7.20. The number of rotatable bonds is 4. The minimum absolute atomic E-state index is 0.0592. The Hall–Kier alpha value is -2.57. The van der Waals surface area contributed by atoms with Crippen molar-refractivity contribution < 1.29 is 19.1 Å². The summed E-state index contributed by atoms with van der Waals surface area (Å²) in [4.78, 5) is 36.9. The minimum Gasteiger partial charge on any atom is -0.491 e. The highest BCUT2D eigenvalue weighted by molar-refractivity contribution is 5.97. The molecule has 2 fully saturated rings.